The van der Waals surface area contributed by atoms with Crippen LogP contribution in [0.15, 0.2) is 47.5 Å². The van der Waals surface area contributed by atoms with Crippen molar-refractivity contribution in [2.45, 2.75) is 6.42 Å². The van der Waals surface area contributed by atoms with Gasteiger partial charge in [0, 0.05) is 7.05 Å². The number of carbonyl (C=O) groups is 1. The van der Waals surface area contributed by atoms with Gasteiger partial charge in [0.05, 0.1) is 23.7 Å². The lowest BCUT2D eigenvalue weighted by Gasteiger charge is -2.01. The molecule has 0 N–H and O–H groups in total. The van der Waals surface area contributed by atoms with Gasteiger partial charge in [-0.05, 0) is 35.9 Å². The van der Waals surface area contributed by atoms with E-state index in [0.717, 1.165) is 15.8 Å². The van der Waals surface area contributed by atoms with Crippen molar-refractivity contribution in [3.8, 4) is 5.75 Å². The maximum Gasteiger partial charge on any atom is 0.252 e. The molecule has 0 aliphatic heterocycles. The third-order valence-electron chi connectivity index (χ3n) is 3.48. The second kappa shape index (κ2) is 6.34. The third-order valence-corrected chi connectivity index (χ3v) is 4.58. The van der Waals surface area contributed by atoms with Crippen LogP contribution < -0.4 is 9.54 Å². The molecule has 2 aromatic carbocycles. The molecule has 0 saturated heterocycles. The molecule has 3 aromatic rings. The van der Waals surface area contributed by atoms with Crippen LogP contribution in [-0.4, -0.2) is 17.6 Å². The van der Waals surface area contributed by atoms with Gasteiger partial charge in [-0.3, -0.25) is 4.79 Å². The SMILES string of the molecule is COc1cccc(CC(=O)N=c2sc3cc(F)ccc3n2C)c1. The number of aromatic nitrogens is 1. The van der Waals surface area contributed by atoms with Crippen molar-refractivity contribution in [2.75, 3.05) is 7.11 Å². The minimum absolute atomic E-state index is 0.194. The first-order valence-corrected chi connectivity index (χ1v) is 7.84. The number of hydrogen-bond donors (Lipinski definition) is 0. The molecular formula is C17H15FN2O2S. The van der Waals surface area contributed by atoms with Crippen LogP contribution in [0, 0.1) is 5.82 Å². The highest BCUT2D eigenvalue weighted by molar-refractivity contribution is 7.16. The summed E-state index contributed by atoms with van der Waals surface area (Å²) in [6.07, 6.45) is 0.194. The Kier molecular flexibility index (Phi) is 4.25. The van der Waals surface area contributed by atoms with Crippen LogP contribution in [0.3, 0.4) is 0 Å². The summed E-state index contributed by atoms with van der Waals surface area (Å²) in [5.74, 6) is 0.160. The van der Waals surface area contributed by atoms with E-state index in [-0.39, 0.29) is 18.1 Å². The predicted octanol–water partition coefficient (Wildman–Crippen LogP) is 3.06. The summed E-state index contributed by atoms with van der Waals surface area (Å²) in [4.78, 5) is 16.9. The van der Waals surface area contributed by atoms with Crippen molar-refractivity contribution < 1.29 is 13.9 Å². The number of methoxy groups -OCH3 is 1. The van der Waals surface area contributed by atoms with Gasteiger partial charge >= 0.3 is 0 Å². The zero-order valence-electron chi connectivity index (χ0n) is 12.7. The van der Waals surface area contributed by atoms with Crippen molar-refractivity contribution in [3.05, 3.63) is 58.6 Å². The van der Waals surface area contributed by atoms with Crippen molar-refractivity contribution in [1.82, 2.24) is 4.57 Å². The quantitative estimate of drug-likeness (QED) is 0.741. The second-order valence-corrected chi connectivity index (χ2v) is 6.10. The molecule has 3 rings (SSSR count). The van der Waals surface area contributed by atoms with Crippen LogP contribution in [0.4, 0.5) is 4.39 Å². The lowest BCUT2D eigenvalue weighted by molar-refractivity contribution is -0.117. The molecule has 118 valence electrons. The summed E-state index contributed by atoms with van der Waals surface area (Å²) < 4.78 is 21.0. The van der Waals surface area contributed by atoms with Gasteiger partial charge in [-0.1, -0.05) is 23.5 Å². The fourth-order valence-corrected chi connectivity index (χ4v) is 3.38. The van der Waals surface area contributed by atoms with E-state index < -0.39 is 0 Å². The molecule has 6 heteroatoms. The first-order chi connectivity index (χ1) is 11.1. The van der Waals surface area contributed by atoms with Crippen LogP contribution in [0.5, 0.6) is 5.75 Å². The number of benzene rings is 2. The topological polar surface area (TPSA) is 43.6 Å². The van der Waals surface area contributed by atoms with Gasteiger partial charge in [-0.25, -0.2) is 4.39 Å². The number of carbonyl (C=O) groups excluding carboxylic acids is 1. The molecular weight excluding hydrogens is 315 g/mol. The first kappa shape index (κ1) is 15.4. The van der Waals surface area contributed by atoms with E-state index in [4.69, 9.17) is 4.74 Å². The maximum atomic E-state index is 13.3. The van der Waals surface area contributed by atoms with Gasteiger partial charge in [0.25, 0.3) is 5.91 Å². The Labute approximate surface area is 136 Å². The van der Waals surface area contributed by atoms with Crippen molar-refractivity contribution in [2.24, 2.45) is 12.0 Å². The monoisotopic (exact) mass is 330 g/mol. The molecule has 0 atom stereocenters. The Morgan fingerprint density at radius 1 is 1.30 bits per heavy atom. The lowest BCUT2D eigenvalue weighted by atomic mass is 10.1. The summed E-state index contributed by atoms with van der Waals surface area (Å²) in [5, 5.41) is 0. The van der Waals surface area contributed by atoms with Crippen LogP contribution in [0.25, 0.3) is 10.2 Å². The first-order valence-electron chi connectivity index (χ1n) is 7.02. The van der Waals surface area contributed by atoms with Crippen molar-refractivity contribution >= 4 is 27.5 Å². The Morgan fingerprint density at radius 2 is 2.13 bits per heavy atom. The van der Waals surface area contributed by atoms with Gasteiger partial charge in [0.15, 0.2) is 4.80 Å². The van der Waals surface area contributed by atoms with E-state index in [1.807, 2.05) is 31.3 Å². The number of thiazole rings is 1. The normalized spacial score (nSPS) is 11.9. The number of rotatable bonds is 3. The molecule has 0 radical (unpaired) electrons. The molecule has 4 nitrogen and oxygen atoms in total. The summed E-state index contributed by atoms with van der Waals surface area (Å²) in [6.45, 7) is 0. The zero-order chi connectivity index (χ0) is 16.4. The van der Waals surface area contributed by atoms with Gasteiger partial charge in [-0.15, -0.1) is 0 Å². The van der Waals surface area contributed by atoms with Gasteiger partial charge < -0.3 is 9.30 Å². The van der Waals surface area contributed by atoms with E-state index in [0.29, 0.717) is 10.6 Å². The van der Waals surface area contributed by atoms with Crippen molar-refractivity contribution in [1.29, 1.82) is 0 Å². The lowest BCUT2D eigenvalue weighted by Crippen LogP contribution is -2.14. The molecule has 0 aliphatic carbocycles. The zero-order valence-corrected chi connectivity index (χ0v) is 13.6. The number of amides is 1. The van der Waals surface area contributed by atoms with Crippen LogP contribution in [0.1, 0.15) is 5.56 Å². The number of nitrogens with zero attached hydrogens (tertiary/aromatic N) is 2. The number of aryl methyl sites for hydroxylation is 1. The number of fused-ring (bicyclic) bond motifs is 1. The molecule has 0 unspecified atom stereocenters. The Bertz CT molecular complexity index is 943. The molecule has 0 spiro atoms. The Hall–Kier alpha value is -2.47. The minimum Gasteiger partial charge on any atom is -0.497 e. The molecule has 23 heavy (non-hydrogen) atoms. The summed E-state index contributed by atoms with van der Waals surface area (Å²) >= 11 is 1.30. The van der Waals surface area contributed by atoms with E-state index in [9.17, 15) is 9.18 Å². The second-order valence-electron chi connectivity index (χ2n) is 5.09. The highest BCUT2D eigenvalue weighted by Crippen LogP contribution is 2.18. The van der Waals surface area contributed by atoms with Gasteiger partial charge in [0.2, 0.25) is 0 Å². The fraction of sp³-hybridized carbons (Fsp3) is 0.176. The molecule has 1 aromatic heterocycles. The average molecular weight is 330 g/mol. The fourth-order valence-electron chi connectivity index (χ4n) is 2.32. The largest absolute Gasteiger partial charge is 0.497 e. The van der Waals surface area contributed by atoms with Crippen LogP contribution >= 0.6 is 11.3 Å². The molecule has 0 aliphatic rings. The van der Waals surface area contributed by atoms with Crippen molar-refractivity contribution in [3.63, 3.8) is 0 Å². The molecule has 1 amide bonds. The highest BCUT2D eigenvalue weighted by Gasteiger charge is 2.07. The van der Waals surface area contributed by atoms with E-state index in [1.165, 1.54) is 23.5 Å². The smallest absolute Gasteiger partial charge is 0.252 e. The molecule has 1 heterocycles. The summed E-state index contributed by atoms with van der Waals surface area (Å²) in [6, 6.07) is 11.9. The molecule has 0 fully saturated rings. The standard InChI is InChI=1S/C17H15FN2O2S/c1-20-14-7-6-12(18)10-15(14)23-17(20)19-16(21)9-11-4-3-5-13(8-11)22-2/h3-8,10H,9H2,1-2H3. The van der Waals surface area contributed by atoms with E-state index >= 15 is 0 Å². The average Bonchev–Trinajstić information content (AvgIpc) is 2.82. The van der Waals surface area contributed by atoms with Crippen LogP contribution in [-0.2, 0) is 18.3 Å². The summed E-state index contributed by atoms with van der Waals surface area (Å²) in [5.41, 5.74) is 1.69. The minimum atomic E-state index is -0.298. The number of ether oxygens (including phenoxy) is 1. The Morgan fingerprint density at radius 3 is 2.91 bits per heavy atom. The van der Waals surface area contributed by atoms with Crippen LogP contribution in [0.2, 0.25) is 0 Å². The van der Waals surface area contributed by atoms with E-state index in [1.54, 1.807) is 17.7 Å². The predicted molar refractivity (Wildman–Crippen MR) is 88.0 cm³/mol. The highest BCUT2D eigenvalue weighted by atomic mass is 32.1. The number of hydrogen-bond acceptors (Lipinski definition) is 3. The Balaban J connectivity index is 1.91. The van der Waals surface area contributed by atoms with E-state index in [2.05, 4.69) is 4.99 Å². The molecule has 0 bridgehead atoms. The summed E-state index contributed by atoms with van der Waals surface area (Å²) in [7, 11) is 3.40. The molecule has 0 saturated carbocycles. The van der Waals surface area contributed by atoms with Gasteiger partial charge in [-0.2, -0.15) is 4.99 Å². The third kappa shape index (κ3) is 3.32. The maximum absolute atomic E-state index is 13.3. The van der Waals surface area contributed by atoms with Gasteiger partial charge in [0.1, 0.15) is 11.6 Å². The number of halogens is 1.